The number of carbonyl (C=O) groups excluding carboxylic acids is 1. The van der Waals surface area contributed by atoms with E-state index in [-0.39, 0.29) is 19.4 Å². The highest BCUT2D eigenvalue weighted by Crippen LogP contribution is 2.15. The van der Waals surface area contributed by atoms with E-state index in [0.29, 0.717) is 6.61 Å². The van der Waals surface area contributed by atoms with Gasteiger partial charge < -0.3 is 15.2 Å². The molecule has 1 aromatic rings. The van der Waals surface area contributed by atoms with Gasteiger partial charge >= 0.3 is 18.1 Å². The van der Waals surface area contributed by atoms with Gasteiger partial charge in [0.25, 0.3) is 0 Å². The van der Waals surface area contributed by atoms with Gasteiger partial charge in [-0.1, -0.05) is 30.3 Å². The first kappa shape index (κ1) is 18.0. The topological polar surface area (TPSA) is 75.6 Å². The van der Waals surface area contributed by atoms with Gasteiger partial charge in [-0.2, -0.15) is 13.2 Å². The summed E-state index contributed by atoms with van der Waals surface area (Å²) in [6, 6.07) is 7.64. The van der Waals surface area contributed by atoms with E-state index in [2.05, 4.69) is 0 Å². The summed E-state index contributed by atoms with van der Waals surface area (Å²) in [5.41, 5.74) is 0.933. The van der Waals surface area contributed by atoms with Gasteiger partial charge in [0, 0.05) is 6.61 Å². The molecule has 1 aromatic carbocycles. The third kappa shape index (κ3) is 6.57. The quantitative estimate of drug-likeness (QED) is 0.720. The van der Waals surface area contributed by atoms with Crippen LogP contribution in [0.25, 0.3) is 0 Å². The predicted molar refractivity (Wildman–Crippen MR) is 71.0 cm³/mol. The number of aliphatic carboxylic acids is 1. The van der Waals surface area contributed by atoms with Gasteiger partial charge in [-0.05, 0) is 18.4 Å². The van der Waals surface area contributed by atoms with Crippen molar-refractivity contribution < 1.29 is 32.6 Å². The highest BCUT2D eigenvalue weighted by Gasteiger charge is 2.40. The van der Waals surface area contributed by atoms with Crippen molar-refractivity contribution in [1.29, 1.82) is 0 Å². The zero-order chi connectivity index (χ0) is 16.6. The third-order valence-electron chi connectivity index (χ3n) is 2.75. The summed E-state index contributed by atoms with van der Waals surface area (Å²) in [6.07, 6.45) is -5.04. The first-order chi connectivity index (χ1) is 10.3. The van der Waals surface area contributed by atoms with Gasteiger partial charge in [-0.25, -0.2) is 4.79 Å². The van der Waals surface area contributed by atoms with E-state index in [1.807, 2.05) is 30.3 Å². The molecule has 0 bridgehead atoms. The zero-order valence-corrected chi connectivity index (χ0v) is 11.6. The molecule has 1 rings (SSSR count). The zero-order valence-electron chi connectivity index (χ0n) is 11.6. The Labute approximate surface area is 125 Å². The summed E-state index contributed by atoms with van der Waals surface area (Å²) in [6.45, 7) is 0.508. The lowest BCUT2D eigenvalue weighted by atomic mass is 10.1. The normalized spacial score (nSPS) is 12.7. The molecule has 5 nitrogen and oxygen atoms in total. The molecule has 0 aliphatic heterocycles. The van der Waals surface area contributed by atoms with Gasteiger partial charge in [0.05, 0.1) is 6.61 Å². The van der Waals surface area contributed by atoms with Crippen LogP contribution >= 0.6 is 0 Å². The van der Waals surface area contributed by atoms with E-state index in [0.717, 1.165) is 5.56 Å². The average molecular weight is 319 g/mol. The minimum Gasteiger partial charge on any atom is -0.480 e. The maximum atomic E-state index is 12.1. The van der Waals surface area contributed by atoms with Crippen molar-refractivity contribution in [1.82, 2.24) is 5.32 Å². The minimum atomic E-state index is -5.10. The lowest BCUT2D eigenvalue weighted by molar-refractivity contribution is -0.175. The van der Waals surface area contributed by atoms with Gasteiger partial charge in [-0.15, -0.1) is 0 Å². The van der Waals surface area contributed by atoms with Crippen molar-refractivity contribution in [3.05, 3.63) is 35.9 Å². The second kappa shape index (κ2) is 8.38. The largest absolute Gasteiger partial charge is 0.480 e. The highest BCUT2D eigenvalue weighted by molar-refractivity contribution is 5.86. The summed E-state index contributed by atoms with van der Waals surface area (Å²) in [5, 5.41) is 10.2. The van der Waals surface area contributed by atoms with Gasteiger partial charge in [0.2, 0.25) is 0 Å². The van der Waals surface area contributed by atoms with E-state index in [1.165, 1.54) is 5.32 Å². The number of ether oxygens (including phenoxy) is 1. The van der Waals surface area contributed by atoms with Crippen molar-refractivity contribution in [3.8, 4) is 0 Å². The molecule has 0 radical (unpaired) electrons. The number of carboxylic acid groups (broad SMARTS) is 1. The molecule has 0 aromatic heterocycles. The fraction of sp³-hybridized carbons (Fsp3) is 0.429. The van der Waals surface area contributed by atoms with Crippen molar-refractivity contribution in [2.45, 2.75) is 31.7 Å². The third-order valence-corrected chi connectivity index (χ3v) is 2.75. The number of hydrogen-bond acceptors (Lipinski definition) is 3. The lowest BCUT2D eigenvalue weighted by Gasteiger charge is -2.15. The summed E-state index contributed by atoms with van der Waals surface area (Å²) in [7, 11) is 0. The van der Waals surface area contributed by atoms with E-state index in [1.54, 1.807) is 0 Å². The number of carboxylic acids is 1. The average Bonchev–Trinajstić information content (AvgIpc) is 2.45. The molecule has 1 unspecified atom stereocenters. The van der Waals surface area contributed by atoms with E-state index >= 15 is 0 Å². The Bertz CT molecular complexity index is 491. The van der Waals surface area contributed by atoms with Gasteiger partial charge in [0.15, 0.2) is 0 Å². The monoisotopic (exact) mass is 319 g/mol. The van der Waals surface area contributed by atoms with Crippen LogP contribution in [0.2, 0.25) is 0 Å². The van der Waals surface area contributed by atoms with Crippen LogP contribution in [-0.2, 0) is 20.9 Å². The molecule has 0 heterocycles. The fourth-order valence-corrected chi connectivity index (χ4v) is 1.65. The van der Waals surface area contributed by atoms with Crippen LogP contribution in [0.3, 0.4) is 0 Å². The van der Waals surface area contributed by atoms with Crippen molar-refractivity contribution in [2.75, 3.05) is 6.61 Å². The Morgan fingerprint density at radius 2 is 1.86 bits per heavy atom. The Morgan fingerprint density at radius 1 is 1.23 bits per heavy atom. The number of amides is 1. The number of carbonyl (C=O) groups is 2. The molecule has 0 aliphatic rings. The number of rotatable bonds is 8. The van der Waals surface area contributed by atoms with Crippen LogP contribution in [0, 0.1) is 0 Å². The number of halogens is 3. The molecule has 22 heavy (non-hydrogen) atoms. The molecule has 0 saturated heterocycles. The van der Waals surface area contributed by atoms with Crippen LogP contribution < -0.4 is 5.32 Å². The first-order valence-electron chi connectivity index (χ1n) is 6.53. The van der Waals surface area contributed by atoms with E-state index < -0.39 is 24.1 Å². The predicted octanol–water partition coefficient (Wildman–Crippen LogP) is 2.12. The van der Waals surface area contributed by atoms with Gasteiger partial charge in [-0.3, -0.25) is 4.79 Å². The Hall–Kier alpha value is -2.09. The molecule has 2 N–H and O–H groups in total. The Kier molecular flexibility index (Phi) is 6.84. The molecule has 0 saturated carbocycles. The Balaban J connectivity index is 2.30. The standard InChI is InChI=1S/C14H16F3NO4/c15-14(16,17)13(21)18-11(12(19)20)7-4-8-22-9-10-5-2-1-3-6-10/h1-3,5-6,11H,4,7-9H2,(H,18,21)(H,19,20). The molecule has 8 heteroatoms. The molecule has 0 spiro atoms. The fourth-order valence-electron chi connectivity index (χ4n) is 1.65. The van der Waals surface area contributed by atoms with Crippen molar-refractivity contribution in [2.24, 2.45) is 0 Å². The first-order valence-corrected chi connectivity index (χ1v) is 6.53. The molecular formula is C14H16F3NO4. The van der Waals surface area contributed by atoms with Crippen molar-refractivity contribution >= 4 is 11.9 Å². The molecule has 1 atom stereocenters. The summed E-state index contributed by atoms with van der Waals surface area (Å²) in [4.78, 5) is 21.5. The second-order valence-electron chi connectivity index (χ2n) is 4.54. The van der Waals surface area contributed by atoms with Crippen molar-refractivity contribution in [3.63, 3.8) is 0 Å². The van der Waals surface area contributed by atoms with Crippen LogP contribution in [0.1, 0.15) is 18.4 Å². The Morgan fingerprint density at radius 3 is 2.41 bits per heavy atom. The highest BCUT2D eigenvalue weighted by atomic mass is 19.4. The van der Waals surface area contributed by atoms with Crippen LogP contribution in [0.4, 0.5) is 13.2 Å². The summed E-state index contributed by atoms with van der Waals surface area (Å²) >= 11 is 0. The second-order valence-corrected chi connectivity index (χ2v) is 4.54. The SMILES string of the molecule is O=C(O)C(CCCOCc1ccccc1)NC(=O)C(F)(F)F. The number of benzene rings is 1. The lowest BCUT2D eigenvalue weighted by Crippen LogP contribution is -2.46. The maximum Gasteiger partial charge on any atom is 0.471 e. The van der Waals surface area contributed by atoms with Gasteiger partial charge in [0.1, 0.15) is 6.04 Å². The minimum absolute atomic E-state index is 0.147. The number of hydrogen-bond donors (Lipinski definition) is 2. The molecule has 0 fully saturated rings. The number of alkyl halides is 3. The van der Waals surface area contributed by atoms with Crippen LogP contribution in [0.5, 0.6) is 0 Å². The molecule has 122 valence electrons. The molecule has 1 amide bonds. The van der Waals surface area contributed by atoms with E-state index in [4.69, 9.17) is 9.84 Å². The summed E-state index contributed by atoms with van der Waals surface area (Å²) in [5.74, 6) is -3.77. The van der Waals surface area contributed by atoms with Crippen LogP contribution in [-0.4, -0.2) is 35.8 Å². The van der Waals surface area contributed by atoms with E-state index in [9.17, 15) is 22.8 Å². The number of nitrogens with one attached hydrogen (secondary N) is 1. The smallest absolute Gasteiger partial charge is 0.471 e. The molecular weight excluding hydrogens is 303 g/mol. The van der Waals surface area contributed by atoms with Crippen LogP contribution in [0.15, 0.2) is 30.3 Å². The summed E-state index contributed by atoms with van der Waals surface area (Å²) < 4.78 is 41.5. The maximum absolute atomic E-state index is 12.1. The molecule has 0 aliphatic carbocycles.